The van der Waals surface area contributed by atoms with Gasteiger partial charge in [-0.05, 0) is 20.8 Å². The molecule has 1 aliphatic heterocycles. The molecule has 1 rings (SSSR count). The van der Waals surface area contributed by atoms with E-state index in [-0.39, 0.29) is 12.3 Å². The standard InChI is InChI=1S/C8H13NO3/c1-8(2,3)12-7(11)9-5-4-6(9)10/h4-5H2,1-3H3/i5D/t5-/m0/s1. The largest absolute Gasteiger partial charge is 0.443 e. The first-order chi connectivity index (χ1) is 5.81. The van der Waals surface area contributed by atoms with Crippen molar-refractivity contribution >= 4 is 12.0 Å². The first-order valence-corrected chi connectivity index (χ1v) is 3.78. The summed E-state index contributed by atoms with van der Waals surface area (Å²) in [5.74, 6) is -0.339. The minimum Gasteiger partial charge on any atom is -0.443 e. The van der Waals surface area contributed by atoms with Gasteiger partial charge >= 0.3 is 6.09 Å². The van der Waals surface area contributed by atoms with E-state index in [2.05, 4.69) is 0 Å². The van der Waals surface area contributed by atoms with E-state index in [0.29, 0.717) is 0 Å². The summed E-state index contributed by atoms with van der Waals surface area (Å²) in [7, 11) is 0. The normalized spacial score (nSPS) is 24.6. The third kappa shape index (κ3) is 1.96. The van der Waals surface area contributed by atoms with Gasteiger partial charge in [0.25, 0.3) is 0 Å². The van der Waals surface area contributed by atoms with Gasteiger partial charge < -0.3 is 4.74 Å². The Bertz CT molecular complexity index is 246. The summed E-state index contributed by atoms with van der Waals surface area (Å²) in [5.41, 5.74) is -0.618. The molecule has 0 spiro atoms. The van der Waals surface area contributed by atoms with Crippen molar-refractivity contribution in [1.29, 1.82) is 0 Å². The SMILES string of the molecule is [2H][C@H]1CC(=O)N1C(=O)OC(C)(C)C. The predicted molar refractivity (Wildman–Crippen MR) is 42.6 cm³/mol. The van der Waals surface area contributed by atoms with Gasteiger partial charge in [0.15, 0.2) is 0 Å². The fraction of sp³-hybridized carbons (Fsp3) is 0.750. The Morgan fingerprint density at radius 1 is 1.67 bits per heavy atom. The van der Waals surface area contributed by atoms with Crippen molar-refractivity contribution in [3.63, 3.8) is 0 Å². The Morgan fingerprint density at radius 2 is 2.25 bits per heavy atom. The number of carbonyl (C=O) groups excluding carboxylic acids is 2. The summed E-state index contributed by atoms with van der Waals surface area (Å²) in [4.78, 5) is 22.9. The highest BCUT2D eigenvalue weighted by atomic mass is 16.6. The molecule has 4 heteroatoms. The number of nitrogens with zero attached hydrogens (tertiary/aromatic N) is 1. The van der Waals surface area contributed by atoms with Crippen LogP contribution in [-0.2, 0) is 9.53 Å². The Kier molecular flexibility index (Phi) is 1.75. The Morgan fingerprint density at radius 3 is 2.58 bits per heavy atom. The molecule has 12 heavy (non-hydrogen) atoms. The van der Waals surface area contributed by atoms with Crippen LogP contribution in [-0.4, -0.2) is 29.0 Å². The van der Waals surface area contributed by atoms with Gasteiger partial charge in [0.1, 0.15) is 5.60 Å². The molecule has 1 atom stereocenters. The van der Waals surface area contributed by atoms with Crippen molar-refractivity contribution in [2.45, 2.75) is 32.8 Å². The zero-order valence-electron chi connectivity index (χ0n) is 8.46. The highest BCUT2D eigenvalue weighted by Crippen LogP contribution is 2.15. The van der Waals surface area contributed by atoms with Gasteiger partial charge in [-0.1, -0.05) is 0 Å². The minimum absolute atomic E-state index is 0.110. The van der Waals surface area contributed by atoms with Crippen molar-refractivity contribution in [2.75, 3.05) is 6.52 Å². The van der Waals surface area contributed by atoms with Crippen LogP contribution in [0.3, 0.4) is 0 Å². The maximum atomic E-state index is 11.2. The van der Waals surface area contributed by atoms with Crippen molar-refractivity contribution < 1.29 is 15.7 Å². The number of carbonyl (C=O) groups is 2. The summed E-state index contributed by atoms with van der Waals surface area (Å²) in [6.45, 7) is 4.39. The lowest BCUT2D eigenvalue weighted by Gasteiger charge is -2.30. The Balaban J connectivity index is 2.54. The molecule has 4 nitrogen and oxygen atoms in total. The van der Waals surface area contributed by atoms with Crippen molar-refractivity contribution in [3.05, 3.63) is 0 Å². The van der Waals surface area contributed by atoms with Crippen LogP contribution < -0.4 is 0 Å². The molecule has 0 aromatic carbocycles. The fourth-order valence-corrected chi connectivity index (χ4v) is 0.745. The maximum Gasteiger partial charge on any atom is 0.417 e. The third-order valence-electron chi connectivity index (χ3n) is 1.31. The molecule has 0 unspecified atom stereocenters. The zero-order valence-corrected chi connectivity index (χ0v) is 7.46. The fourth-order valence-electron chi connectivity index (χ4n) is 0.745. The number of imide groups is 1. The molecule has 0 aromatic rings. The first kappa shape index (κ1) is 7.58. The Labute approximate surface area is 72.9 Å². The number of ether oxygens (including phenoxy) is 1. The zero-order chi connectivity index (χ0) is 10.2. The van der Waals surface area contributed by atoms with Crippen LogP contribution >= 0.6 is 0 Å². The van der Waals surface area contributed by atoms with Crippen LogP contribution in [0.5, 0.6) is 0 Å². The highest BCUT2D eigenvalue weighted by molar-refractivity contribution is 5.96. The highest BCUT2D eigenvalue weighted by Gasteiger charge is 2.33. The van der Waals surface area contributed by atoms with Crippen molar-refractivity contribution in [3.8, 4) is 0 Å². The number of β-lactam (4-membered cyclic amide) rings is 1. The second-order valence-corrected chi connectivity index (χ2v) is 3.63. The lowest BCUT2D eigenvalue weighted by molar-refractivity contribution is -0.138. The third-order valence-corrected chi connectivity index (χ3v) is 1.31. The molecule has 68 valence electrons. The summed E-state index contributed by atoms with van der Waals surface area (Å²) < 4.78 is 12.2. The number of hydrogen-bond acceptors (Lipinski definition) is 3. The van der Waals surface area contributed by atoms with Crippen LogP contribution in [0.25, 0.3) is 0 Å². The topological polar surface area (TPSA) is 46.6 Å². The van der Waals surface area contributed by atoms with E-state index in [1.807, 2.05) is 0 Å². The molecule has 0 aromatic heterocycles. The lowest BCUT2D eigenvalue weighted by Crippen LogP contribution is -2.49. The van der Waals surface area contributed by atoms with E-state index in [9.17, 15) is 9.59 Å². The summed E-state index contributed by atoms with van der Waals surface area (Å²) in [6.07, 6.45) is -0.608. The quantitative estimate of drug-likeness (QED) is 0.515. The second-order valence-electron chi connectivity index (χ2n) is 3.63. The van der Waals surface area contributed by atoms with Crippen molar-refractivity contribution in [2.24, 2.45) is 0 Å². The molecule has 0 saturated carbocycles. The van der Waals surface area contributed by atoms with Gasteiger partial charge in [-0.15, -0.1) is 0 Å². The van der Waals surface area contributed by atoms with Crippen molar-refractivity contribution in [1.82, 2.24) is 4.90 Å². The van der Waals surface area contributed by atoms with Crippen LogP contribution in [0.2, 0.25) is 0 Å². The van der Waals surface area contributed by atoms with Crippen LogP contribution in [0.15, 0.2) is 0 Å². The smallest absolute Gasteiger partial charge is 0.417 e. The monoisotopic (exact) mass is 172 g/mol. The van der Waals surface area contributed by atoms with Gasteiger partial charge in [0, 0.05) is 12.9 Å². The molecular weight excluding hydrogens is 158 g/mol. The Hall–Kier alpha value is -1.06. The van der Waals surface area contributed by atoms with Gasteiger partial charge in [-0.2, -0.15) is 0 Å². The number of likely N-dealkylation sites (tertiary alicyclic amines) is 1. The summed E-state index contributed by atoms with van der Waals surface area (Å²) >= 11 is 0. The average Bonchev–Trinajstić information content (AvgIpc) is 1.80. The van der Waals surface area contributed by atoms with E-state index in [1.54, 1.807) is 20.8 Å². The second kappa shape index (κ2) is 2.77. The molecule has 0 radical (unpaired) electrons. The molecule has 1 aliphatic rings. The molecule has 0 aliphatic carbocycles. The molecule has 0 N–H and O–H groups in total. The van der Waals surface area contributed by atoms with Crippen LogP contribution in [0, 0.1) is 0 Å². The van der Waals surface area contributed by atoms with Gasteiger partial charge in [0.2, 0.25) is 5.91 Å². The van der Waals surface area contributed by atoms with Gasteiger partial charge in [-0.3, -0.25) is 4.79 Å². The predicted octanol–water partition coefficient (Wildman–Crippen LogP) is 1.15. The molecule has 1 heterocycles. The minimum atomic E-state index is -0.762. The molecule has 1 saturated heterocycles. The average molecular weight is 172 g/mol. The molecule has 2 amide bonds. The van der Waals surface area contributed by atoms with Gasteiger partial charge in [-0.25, -0.2) is 9.69 Å². The number of amides is 2. The summed E-state index contributed by atoms with van der Waals surface area (Å²) in [6, 6.07) is 0. The number of hydrogen-bond donors (Lipinski definition) is 0. The van der Waals surface area contributed by atoms with E-state index in [4.69, 9.17) is 6.11 Å². The van der Waals surface area contributed by atoms with E-state index in [1.165, 1.54) is 0 Å². The first-order valence-electron chi connectivity index (χ1n) is 4.36. The van der Waals surface area contributed by atoms with E-state index >= 15 is 0 Å². The van der Waals surface area contributed by atoms with Crippen LogP contribution in [0.4, 0.5) is 4.79 Å². The number of rotatable bonds is 0. The van der Waals surface area contributed by atoms with Gasteiger partial charge in [0.05, 0.1) is 1.37 Å². The molecule has 1 fully saturated rings. The lowest BCUT2D eigenvalue weighted by atomic mass is 10.2. The molecular formula is C8H13NO3. The summed E-state index contributed by atoms with van der Waals surface area (Å²) in [5, 5.41) is 0. The van der Waals surface area contributed by atoms with Crippen LogP contribution in [0.1, 0.15) is 28.6 Å². The van der Waals surface area contributed by atoms with E-state index < -0.39 is 18.2 Å². The molecule has 0 bridgehead atoms. The maximum absolute atomic E-state index is 11.2. The van der Waals surface area contributed by atoms with E-state index in [0.717, 1.165) is 4.90 Å².